The van der Waals surface area contributed by atoms with Gasteiger partial charge in [0.2, 0.25) is 5.28 Å². The SMILES string of the molecule is C#C[C@@]1(CO)CC[C@H](n2ccc3c(N)nc(Cl)nc32)O1. The van der Waals surface area contributed by atoms with Gasteiger partial charge in [0, 0.05) is 6.20 Å². The standard InChI is InChI=1S/C13H13ClN4O2/c1-2-13(7-19)5-3-9(20-13)18-6-4-8-10(15)16-12(14)17-11(8)18/h1,4,6,9,19H,3,5,7H2,(H2,15,16,17)/t9-,13+/m1/s1. The Morgan fingerprint density at radius 3 is 3.10 bits per heavy atom. The van der Waals surface area contributed by atoms with Gasteiger partial charge in [-0.25, -0.2) is 4.98 Å². The summed E-state index contributed by atoms with van der Waals surface area (Å²) < 4.78 is 7.63. The van der Waals surface area contributed by atoms with E-state index in [2.05, 4.69) is 15.9 Å². The summed E-state index contributed by atoms with van der Waals surface area (Å²) in [5.74, 6) is 2.84. The first-order valence-corrected chi connectivity index (χ1v) is 6.52. The maximum absolute atomic E-state index is 9.39. The van der Waals surface area contributed by atoms with Crippen molar-refractivity contribution in [3.8, 4) is 12.3 Å². The van der Waals surface area contributed by atoms with Gasteiger partial charge < -0.3 is 20.1 Å². The molecule has 2 aromatic rings. The van der Waals surface area contributed by atoms with Gasteiger partial charge in [-0.3, -0.25) is 0 Å². The largest absolute Gasteiger partial charge is 0.392 e. The quantitative estimate of drug-likeness (QED) is 0.644. The van der Waals surface area contributed by atoms with Crippen LogP contribution in [0.25, 0.3) is 11.0 Å². The molecule has 0 bridgehead atoms. The maximum atomic E-state index is 9.39. The van der Waals surface area contributed by atoms with Gasteiger partial charge in [-0.05, 0) is 30.5 Å². The Kier molecular flexibility index (Phi) is 3.05. The van der Waals surface area contributed by atoms with Crippen molar-refractivity contribution in [2.45, 2.75) is 24.7 Å². The number of nitrogens with zero attached hydrogens (tertiary/aromatic N) is 3. The Labute approximate surface area is 120 Å². The highest BCUT2D eigenvalue weighted by molar-refractivity contribution is 6.28. The van der Waals surface area contributed by atoms with Crippen molar-refractivity contribution in [3.63, 3.8) is 0 Å². The van der Waals surface area contributed by atoms with Crippen LogP contribution in [0.4, 0.5) is 5.82 Å². The van der Waals surface area contributed by atoms with Crippen LogP contribution in [0.1, 0.15) is 19.1 Å². The number of aliphatic hydroxyl groups is 1. The lowest BCUT2D eigenvalue weighted by molar-refractivity contribution is -0.0615. The summed E-state index contributed by atoms with van der Waals surface area (Å²) >= 11 is 5.84. The molecule has 3 heterocycles. The Bertz CT molecular complexity index is 708. The lowest BCUT2D eigenvalue weighted by Crippen LogP contribution is -2.31. The minimum atomic E-state index is -0.927. The van der Waals surface area contributed by atoms with E-state index in [4.69, 9.17) is 28.5 Å². The van der Waals surface area contributed by atoms with Crippen molar-refractivity contribution in [1.29, 1.82) is 0 Å². The van der Waals surface area contributed by atoms with Crippen LogP contribution in [0.5, 0.6) is 0 Å². The van der Waals surface area contributed by atoms with Gasteiger partial charge in [-0.15, -0.1) is 6.42 Å². The van der Waals surface area contributed by atoms with Gasteiger partial charge >= 0.3 is 0 Å². The lowest BCUT2D eigenvalue weighted by Gasteiger charge is -2.21. The average molecular weight is 293 g/mol. The van der Waals surface area contributed by atoms with E-state index in [0.29, 0.717) is 29.7 Å². The maximum Gasteiger partial charge on any atom is 0.226 e. The minimum Gasteiger partial charge on any atom is -0.392 e. The van der Waals surface area contributed by atoms with Crippen molar-refractivity contribution < 1.29 is 9.84 Å². The lowest BCUT2D eigenvalue weighted by atomic mass is 10.0. The number of anilines is 1. The van der Waals surface area contributed by atoms with Gasteiger partial charge in [0.1, 0.15) is 17.7 Å². The van der Waals surface area contributed by atoms with Gasteiger partial charge in [0.15, 0.2) is 5.60 Å². The van der Waals surface area contributed by atoms with Crippen LogP contribution >= 0.6 is 11.6 Å². The molecular weight excluding hydrogens is 280 g/mol. The van der Waals surface area contributed by atoms with E-state index in [-0.39, 0.29) is 18.1 Å². The van der Waals surface area contributed by atoms with Crippen molar-refractivity contribution in [1.82, 2.24) is 14.5 Å². The first-order chi connectivity index (χ1) is 9.58. The summed E-state index contributed by atoms with van der Waals surface area (Å²) in [6.45, 7) is -0.211. The summed E-state index contributed by atoms with van der Waals surface area (Å²) in [6, 6.07) is 1.80. The van der Waals surface area contributed by atoms with E-state index in [9.17, 15) is 5.11 Å². The van der Waals surface area contributed by atoms with Gasteiger partial charge in [-0.1, -0.05) is 5.92 Å². The summed E-state index contributed by atoms with van der Waals surface area (Å²) in [5, 5.41) is 10.2. The highest BCUT2D eigenvalue weighted by Gasteiger charge is 2.39. The van der Waals surface area contributed by atoms with Gasteiger partial charge in [-0.2, -0.15) is 4.98 Å². The van der Waals surface area contributed by atoms with E-state index in [1.807, 2.05) is 4.57 Å². The monoisotopic (exact) mass is 292 g/mol. The van der Waals surface area contributed by atoms with E-state index < -0.39 is 5.60 Å². The highest BCUT2D eigenvalue weighted by Crippen LogP contribution is 2.37. The summed E-state index contributed by atoms with van der Waals surface area (Å²) in [7, 11) is 0. The zero-order chi connectivity index (χ0) is 14.3. The molecule has 2 aromatic heterocycles. The Hall–Kier alpha value is -1.81. The van der Waals surface area contributed by atoms with E-state index in [1.54, 1.807) is 12.3 Å². The summed E-state index contributed by atoms with van der Waals surface area (Å²) in [6.07, 6.45) is 8.21. The van der Waals surface area contributed by atoms with E-state index >= 15 is 0 Å². The van der Waals surface area contributed by atoms with E-state index in [1.165, 1.54) is 0 Å². The number of hydrogen-bond donors (Lipinski definition) is 2. The molecule has 6 nitrogen and oxygen atoms in total. The molecule has 104 valence electrons. The Balaban J connectivity index is 2.03. The molecule has 0 spiro atoms. The Morgan fingerprint density at radius 2 is 2.45 bits per heavy atom. The number of halogens is 1. The topological polar surface area (TPSA) is 86.2 Å². The first-order valence-electron chi connectivity index (χ1n) is 6.14. The molecule has 20 heavy (non-hydrogen) atoms. The fourth-order valence-electron chi connectivity index (χ4n) is 2.46. The molecule has 0 aliphatic carbocycles. The number of fused-ring (bicyclic) bond motifs is 1. The number of ether oxygens (including phenoxy) is 1. The third-order valence-electron chi connectivity index (χ3n) is 3.56. The zero-order valence-electron chi connectivity index (χ0n) is 10.6. The fraction of sp³-hybridized carbons (Fsp3) is 0.385. The number of terminal acetylenes is 1. The summed E-state index contributed by atoms with van der Waals surface area (Å²) in [4.78, 5) is 8.09. The minimum absolute atomic E-state index is 0.0818. The molecule has 0 saturated carbocycles. The number of nitrogen functional groups attached to an aromatic ring is 1. The highest BCUT2D eigenvalue weighted by atomic mass is 35.5. The van der Waals surface area contributed by atoms with Gasteiger partial charge in [0.05, 0.1) is 12.0 Å². The zero-order valence-corrected chi connectivity index (χ0v) is 11.3. The van der Waals surface area contributed by atoms with Crippen LogP contribution in [0.3, 0.4) is 0 Å². The molecule has 0 aromatic carbocycles. The van der Waals surface area contributed by atoms with Crippen LogP contribution in [0.2, 0.25) is 5.28 Å². The van der Waals surface area contributed by atoms with Crippen LogP contribution in [-0.4, -0.2) is 31.8 Å². The number of aliphatic hydroxyl groups excluding tert-OH is 1. The molecule has 1 fully saturated rings. The van der Waals surface area contributed by atoms with E-state index in [0.717, 1.165) is 0 Å². The third kappa shape index (κ3) is 1.91. The van der Waals surface area contributed by atoms with Crippen molar-refractivity contribution in [2.75, 3.05) is 12.3 Å². The third-order valence-corrected chi connectivity index (χ3v) is 3.73. The van der Waals surface area contributed by atoms with Crippen molar-refractivity contribution in [3.05, 3.63) is 17.5 Å². The second kappa shape index (κ2) is 4.63. The van der Waals surface area contributed by atoms with Crippen molar-refractivity contribution >= 4 is 28.5 Å². The van der Waals surface area contributed by atoms with Crippen LogP contribution in [0, 0.1) is 12.3 Å². The normalized spacial score (nSPS) is 25.9. The van der Waals surface area contributed by atoms with Crippen LogP contribution in [0.15, 0.2) is 12.3 Å². The number of nitrogens with two attached hydrogens (primary N) is 1. The molecular formula is C13H13ClN4O2. The second-order valence-electron chi connectivity index (χ2n) is 4.75. The van der Waals surface area contributed by atoms with Crippen molar-refractivity contribution in [2.24, 2.45) is 0 Å². The smallest absolute Gasteiger partial charge is 0.226 e. The average Bonchev–Trinajstić information content (AvgIpc) is 3.02. The molecule has 0 amide bonds. The predicted molar refractivity (Wildman–Crippen MR) is 75.0 cm³/mol. The molecule has 3 rings (SSSR count). The molecule has 1 aliphatic heterocycles. The molecule has 1 saturated heterocycles. The van der Waals surface area contributed by atoms with Crippen LogP contribution < -0.4 is 5.73 Å². The molecule has 0 unspecified atom stereocenters. The summed E-state index contributed by atoms with van der Waals surface area (Å²) in [5.41, 5.74) is 5.48. The van der Waals surface area contributed by atoms with Gasteiger partial charge in [0.25, 0.3) is 0 Å². The molecule has 0 radical (unpaired) electrons. The number of rotatable bonds is 2. The first kappa shape index (κ1) is 13.2. The predicted octanol–water partition coefficient (Wildman–Crippen LogP) is 1.34. The fourth-order valence-corrected chi connectivity index (χ4v) is 2.63. The van der Waals surface area contributed by atoms with Crippen LogP contribution in [-0.2, 0) is 4.74 Å². The Morgan fingerprint density at radius 1 is 1.65 bits per heavy atom. The molecule has 2 atom stereocenters. The second-order valence-corrected chi connectivity index (χ2v) is 5.08. The number of hydrogen-bond acceptors (Lipinski definition) is 5. The molecule has 7 heteroatoms. The molecule has 1 aliphatic rings. The molecule has 3 N–H and O–H groups in total. The number of aromatic nitrogens is 3.